The van der Waals surface area contributed by atoms with Crippen LogP contribution in [-0.4, -0.2) is 56.1 Å². The number of pyridine rings is 1. The van der Waals surface area contributed by atoms with E-state index in [9.17, 15) is 0 Å². The summed E-state index contributed by atoms with van der Waals surface area (Å²) in [5.74, 6) is 1.39. The summed E-state index contributed by atoms with van der Waals surface area (Å²) in [6, 6.07) is 18.5. The van der Waals surface area contributed by atoms with Crippen molar-refractivity contribution in [2.45, 2.75) is 13.5 Å². The van der Waals surface area contributed by atoms with Crippen LogP contribution in [0, 0.1) is 6.92 Å². The van der Waals surface area contributed by atoms with Gasteiger partial charge in [0.05, 0.1) is 29.9 Å². The molecule has 1 aliphatic rings. The lowest BCUT2D eigenvalue weighted by atomic mass is 10.1. The lowest BCUT2D eigenvalue weighted by Gasteiger charge is -2.26. The van der Waals surface area contributed by atoms with E-state index in [-0.39, 0.29) is 0 Å². The molecule has 0 amide bonds. The fraction of sp³-hybridized carbons (Fsp3) is 0.214. The lowest BCUT2D eigenvalue weighted by molar-refractivity contribution is 0.0342. The molecule has 2 N–H and O–H groups in total. The lowest BCUT2D eigenvalue weighted by Crippen LogP contribution is -2.35. The highest BCUT2D eigenvalue weighted by molar-refractivity contribution is 5.85. The Bertz CT molecular complexity index is 1490. The number of anilines is 2. The Kier molecular flexibility index (Phi) is 6.11. The molecule has 1 saturated heterocycles. The van der Waals surface area contributed by atoms with Crippen molar-refractivity contribution in [2.75, 3.05) is 31.6 Å². The first kappa shape index (κ1) is 22.3. The highest BCUT2D eigenvalue weighted by Gasteiger charge is 2.13. The van der Waals surface area contributed by atoms with Crippen molar-refractivity contribution < 1.29 is 4.74 Å². The van der Waals surface area contributed by atoms with Gasteiger partial charge in [0, 0.05) is 55.0 Å². The van der Waals surface area contributed by atoms with Crippen LogP contribution in [0.3, 0.4) is 0 Å². The van der Waals surface area contributed by atoms with Crippen LogP contribution in [0.5, 0.6) is 0 Å². The zero-order chi connectivity index (χ0) is 24.3. The zero-order valence-electron chi connectivity index (χ0n) is 20.1. The number of aromatic nitrogens is 5. The van der Waals surface area contributed by atoms with Gasteiger partial charge in [-0.1, -0.05) is 18.2 Å². The minimum absolute atomic E-state index is 0.533. The minimum Gasteiger partial charge on any atom is -0.379 e. The molecule has 1 fully saturated rings. The highest BCUT2D eigenvalue weighted by atomic mass is 16.5. The molecule has 2 aromatic carbocycles. The van der Waals surface area contributed by atoms with Gasteiger partial charge in [-0.2, -0.15) is 0 Å². The van der Waals surface area contributed by atoms with Crippen LogP contribution in [0.15, 0.2) is 73.2 Å². The summed E-state index contributed by atoms with van der Waals surface area (Å²) in [4.78, 5) is 24.1. The predicted octanol–water partition coefficient (Wildman–Crippen LogP) is 4.97. The summed E-state index contributed by atoms with van der Waals surface area (Å²) in [7, 11) is 0. The first-order chi connectivity index (χ1) is 17.7. The minimum atomic E-state index is 0.533. The van der Waals surface area contributed by atoms with E-state index < -0.39 is 0 Å². The molecule has 5 aromatic rings. The van der Waals surface area contributed by atoms with Crippen LogP contribution >= 0.6 is 0 Å². The summed E-state index contributed by atoms with van der Waals surface area (Å²) in [6.45, 7) is 6.53. The molecule has 0 atom stereocenters. The van der Waals surface area contributed by atoms with Crippen LogP contribution in [-0.2, 0) is 11.3 Å². The van der Waals surface area contributed by atoms with Crippen LogP contribution in [0.4, 0.5) is 11.6 Å². The molecular formula is C28H27N7O. The van der Waals surface area contributed by atoms with Crippen molar-refractivity contribution in [3.63, 3.8) is 0 Å². The molecule has 4 heterocycles. The second-order valence-electron chi connectivity index (χ2n) is 8.99. The Balaban J connectivity index is 1.25. The third-order valence-corrected chi connectivity index (χ3v) is 6.40. The number of hydrogen-bond donors (Lipinski definition) is 2. The van der Waals surface area contributed by atoms with Gasteiger partial charge in [-0.25, -0.2) is 15.0 Å². The molecule has 180 valence electrons. The Hall–Kier alpha value is -4.14. The van der Waals surface area contributed by atoms with Gasteiger partial charge in [0.1, 0.15) is 5.82 Å². The molecule has 0 saturated carbocycles. The number of H-pyrrole nitrogens is 1. The van der Waals surface area contributed by atoms with Gasteiger partial charge >= 0.3 is 0 Å². The molecule has 0 unspecified atom stereocenters. The summed E-state index contributed by atoms with van der Waals surface area (Å²) < 4.78 is 5.47. The van der Waals surface area contributed by atoms with Crippen molar-refractivity contribution in [3.8, 4) is 22.6 Å². The van der Waals surface area contributed by atoms with Crippen molar-refractivity contribution >= 4 is 22.7 Å². The normalized spacial score (nSPS) is 14.2. The molecule has 0 aliphatic carbocycles. The molecular weight excluding hydrogens is 450 g/mol. The molecule has 8 heteroatoms. The summed E-state index contributed by atoms with van der Waals surface area (Å²) in [5.41, 5.74) is 8.01. The second kappa shape index (κ2) is 9.85. The summed E-state index contributed by atoms with van der Waals surface area (Å²) in [5, 5.41) is 3.37. The summed E-state index contributed by atoms with van der Waals surface area (Å²) >= 11 is 0. The van der Waals surface area contributed by atoms with Gasteiger partial charge in [0.25, 0.3) is 0 Å². The average molecular weight is 478 g/mol. The maximum Gasteiger partial charge on any atom is 0.227 e. The van der Waals surface area contributed by atoms with Gasteiger partial charge in [0.15, 0.2) is 0 Å². The molecule has 36 heavy (non-hydrogen) atoms. The number of fused-ring (bicyclic) bond motifs is 1. The van der Waals surface area contributed by atoms with Gasteiger partial charge in [-0.15, -0.1) is 0 Å². The molecule has 3 aromatic heterocycles. The maximum atomic E-state index is 5.47. The number of benzene rings is 2. The molecule has 0 spiro atoms. The maximum absolute atomic E-state index is 5.47. The Morgan fingerprint density at radius 1 is 0.972 bits per heavy atom. The Morgan fingerprint density at radius 3 is 2.72 bits per heavy atom. The number of hydrogen-bond acceptors (Lipinski definition) is 7. The summed E-state index contributed by atoms with van der Waals surface area (Å²) in [6.07, 6.45) is 5.30. The first-order valence-electron chi connectivity index (χ1n) is 12.1. The second-order valence-corrected chi connectivity index (χ2v) is 8.99. The third-order valence-electron chi connectivity index (χ3n) is 6.40. The van der Waals surface area contributed by atoms with E-state index in [1.807, 2.05) is 24.3 Å². The van der Waals surface area contributed by atoms with Crippen molar-refractivity contribution in [1.82, 2.24) is 29.8 Å². The fourth-order valence-electron chi connectivity index (χ4n) is 4.49. The monoisotopic (exact) mass is 477 g/mol. The smallest absolute Gasteiger partial charge is 0.227 e. The van der Waals surface area contributed by atoms with E-state index in [0.29, 0.717) is 5.95 Å². The van der Waals surface area contributed by atoms with E-state index in [1.54, 1.807) is 18.6 Å². The van der Waals surface area contributed by atoms with Gasteiger partial charge < -0.3 is 15.0 Å². The van der Waals surface area contributed by atoms with Crippen molar-refractivity contribution in [3.05, 3.63) is 84.3 Å². The average Bonchev–Trinajstić information content (AvgIpc) is 3.33. The number of nitrogens with zero attached hydrogens (tertiary/aromatic N) is 5. The number of imidazole rings is 1. The third kappa shape index (κ3) is 4.82. The quantitative estimate of drug-likeness (QED) is 0.357. The van der Waals surface area contributed by atoms with Crippen LogP contribution in [0.25, 0.3) is 33.7 Å². The van der Waals surface area contributed by atoms with E-state index in [0.717, 1.165) is 77.8 Å². The molecule has 8 nitrogen and oxygen atoms in total. The van der Waals surface area contributed by atoms with Crippen LogP contribution < -0.4 is 5.32 Å². The van der Waals surface area contributed by atoms with E-state index in [1.165, 1.54) is 5.56 Å². The fourth-order valence-corrected chi connectivity index (χ4v) is 4.49. The first-order valence-corrected chi connectivity index (χ1v) is 12.1. The van der Waals surface area contributed by atoms with Crippen LogP contribution in [0.1, 0.15) is 11.1 Å². The number of rotatable bonds is 6. The van der Waals surface area contributed by atoms with Crippen molar-refractivity contribution in [1.29, 1.82) is 0 Å². The van der Waals surface area contributed by atoms with E-state index >= 15 is 0 Å². The number of nitrogens with one attached hydrogen (secondary N) is 2. The molecule has 6 rings (SSSR count). The zero-order valence-corrected chi connectivity index (χ0v) is 20.1. The molecule has 1 aliphatic heterocycles. The largest absolute Gasteiger partial charge is 0.379 e. The van der Waals surface area contributed by atoms with Crippen LogP contribution in [0.2, 0.25) is 0 Å². The van der Waals surface area contributed by atoms with E-state index in [2.05, 4.69) is 67.4 Å². The Labute approximate surface area is 209 Å². The Morgan fingerprint density at radius 2 is 1.86 bits per heavy atom. The van der Waals surface area contributed by atoms with E-state index in [4.69, 9.17) is 9.72 Å². The number of ether oxygens (including phenoxy) is 1. The van der Waals surface area contributed by atoms with Crippen molar-refractivity contribution in [2.24, 2.45) is 0 Å². The van der Waals surface area contributed by atoms with Gasteiger partial charge in [0.2, 0.25) is 5.95 Å². The highest BCUT2D eigenvalue weighted by Crippen LogP contribution is 2.28. The predicted molar refractivity (Wildman–Crippen MR) is 141 cm³/mol. The number of aromatic amines is 1. The van der Waals surface area contributed by atoms with Gasteiger partial charge in [-0.3, -0.25) is 9.88 Å². The molecule has 0 bridgehead atoms. The SMILES string of the molecule is Cc1cc2[nH]c(-c3cccc(CN4CCOCC4)c3)nc2cc1Nc1nccc(-c2cccnc2)n1. The number of morpholine rings is 1. The topological polar surface area (TPSA) is 91.9 Å². The van der Waals surface area contributed by atoms with Gasteiger partial charge in [-0.05, 0) is 54.4 Å². The standard InChI is InChI=1S/C28H27N7O/c1-19-14-25-26(16-24(19)34-28-30-9-7-23(33-28)22-6-3-8-29-17-22)32-27(31-25)21-5-2-4-20(15-21)18-35-10-12-36-13-11-35/h2-9,14-17H,10-13,18H2,1H3,(H,31,32)(H,30,33,34). The number of aryl methyl sites for hydroxylation is 1. The molecule has 0 radical (unpaired) electrons.